The van der Waals surface area contributed by atoms with Crippen LogP contribution < -0.4 is 0 Å². The smallest absolute Gasteiger partial charge is 0.243 e. The zero-order valence-corrected chi connectivity index (χ0v) is 15.4. The van der Waals surface area contributed by atoms with Crippen LogP contribution in [0.4, 0.5) is 0 Å². The number of rotatable bonds is 4. The summed E-state index contributed by atoms with van der Waals surface area (Å²) in [5.41, 5.74) is 2.46. The number of aliphatic hydroxyl groups excluding tert-OH is 1. The molecule has 2 atom stereocenters. The number of benzene rings is 1. The zero-order chi connectivity index (χ0) is 17.6. The van der Waals surface area contributed by atoms with E-state index < -0.39 is 37.8 Å². The molecule has 2 rings (SSSR count). The van der Waals surface area contributed by atoms with Crippen molar-refractivity contribution in [3.63, 3.8) is 0 Å². The van der Waals surface area contributed by atoms with Crippen molar-refractivity contribution in [1.82, 2.24) is 4.31 Å². The van der Waals surface area contributed by atoms with Crippen LogP contribution in [0.5, 0.6) is 0 Å². The number of hydrogen-bond donors (Lipinski definition) is 1. The van der Waals surface area contributed by atoms with Crippen LogP contribution in [-0.4, -0.2) is 56.4 Å². The number of aryl methyl sites for hydroxylation is 3. The molecule has 0 spiro atoms. The molecule has 1 saturated heterocycles. The molecule has 1 aromatic rings. The van der Waals surface area contributed by atoms with Crippen molar-refractivity contribution in [3.8, 4) is 0 Å². The van der Waals surface area contributed by atoms with E-state index in [4.69, 9.17) is 0 Å². The Bertz CT molecular complexity index is 815. The maximum atomic E-state index is 13.0. The van der Waals surface area contributed by atoms with Crippen molar-refractivity contribution >= 4 is 19.9 Å². The maximum Gasteiger partial charge on any atom is 0.243 e. The van der Waals surface area contributed by atoms with Crippen molar-refractivity contribution in [2.45, 2.75) is 44.7 Å². The first-order valence-electron chi connectivity index (χ1n) is 7.47. The van der Waals surface area contributed by atoms with Gasteiger partial charge in [0.2, 0.25) is 10.0 Å². The molecule has 0 radical (unpaired) electrons. The van der Waals surface area contributed by atoms with Crippen LogP contribution in [0.1, 0.15) is 23.6 Å². The van der Waals surface area contributed by atoms with Gasteiger partial charge in [-0.2, -0.15) is 4.31 Å². The highest BCUT2D eigenvalue weighted by Gasteiger charge is 2.44. The first kappa shape index (κ1) is 18.4. The largest absolute Gasteiger partial charge is 0.390 e. The van der Waals surface area contributed by atoms with E-state index in [9.17, 15) is 21.9 Å². The molecule has 1 aliphatic rings. The van der Waals surface area contributed by atoms with Gasteiger partial charge in [0.15, 0.2) is 9.84 Å². The Labute approximate surface area is 138 Å². The van der Waals surface area contributed by atoms with Crippen LogP contribution in [0.25, 0.3) is 0 Å². The Kier molecular flexibility index (Phi) is 4.92. The quantitative estimate of drug-likeness (QED) is 0.856. The third-order valence-corrected chi connectivity index (χ3v) is 8.19. The SMILES string of the molecule is CCN([C@@H]1CS(=O)(=O)C[C@H]1O)S(=O)(=O)c1cc(C)c(C)cc1C. The zero-order valence-electron chi connectivity index (χ0n) is 13.8. The molecule has 1 fully saturated rings. The first-order chi connectivity index (χ1) is 10.5. The second-order valence-corrected chi connectivity index (χ2v) is 10.1. The van der Waals surface area contributed by atoms with Gasteiger partial charge >= 0.3 is 0 Å². The fourth-order valence-electron chi connectivity index (χ4n) is 3.01. The summed E-state index contributed by atoms with van der Waals surface area (Å²) < 4.78 is 50.6. The molecule has 1 heterocycles. The molecule has 0 bridgehead atoms. The molecule has 0 aliphatic carbocycles. The Morgan fingerprint density at radius 1 is 1.13 bits per heavy atom. The van der Waals surface area contributed by atoms with Gasteiger partial charge in [0, 0.05) is 6.54 Å². The highest BCUT2D eigenvalue weighted by Crippen LogP contribution is 2.28. The molecule has 23 heavy (non-hydrogen) atoms. The van der Waals surface area contributed by atoms with E-state index in [1.807, 2.05) is 13.8 Å². The number of hydrogen-bond acceptors (Lipinski definition) is 5. The van der Waals surface area contributed by atoms with E-state index >= 15 is 0 Å². The van der Waals surface area contributed by atoms with E-state index in [0.717, 1.165) is 15.4 Å². The average Bonchev–Trinajstić information content (AvgIpc) is 2.67. The lowest BCUT2D eigenvalue weighted by Gasteiger charge is -2.29. The highest BCUT2D eigenvalue weighted by atomic mass is 32.2. The molecular weight excluding hydrogens is 338 g/mol. The fraction of sp³-hybridized carbons (Fsp3) is 0.600. The van der Waals surface area contributed by atoms with Crippen molar-refractivity contribution in [1.29, 1.82) is 0 Å². The minimum Gasteiger partial charge on any atom is -0.390 e. The van der Waals surface area contributed by atoms with Crippen molar-refractivity contribution < 1.29 is 21.9 Å². The van der Waals surface area contributed by atoms with E-state index in [-0.39, 0.29) is 17.2 Å². The van der Waals surface area contributed by atoms with Crippen molar-refractivity contribution in [2.75, 3.05) is 18.1 Å². The molecule has 0 amide bonds. The molecule has 1 N–H and O–H groups in total. The van der Waals surface area contributed by atoms with Gasteiger partial charge in [0.1, 0.15) is 0 Å². The van der Waals surface area contributed by atoms with Gasteiger partial charge in [-0.1, -0.05) is 13.0 Å². The van der Waals surface area contributed by atoms with E-state index in [2.05, 4.69) is 0 Å². The summed E-state index contributed by atoms with van der Waals surface area (Å²) >= 11 is 0. The standard InChI is InChI=1S/C15H23NO5S2/c1-5-16(13-8-22(18,19)9-14(13)17)23(20,21)15-7-11(3)10(2)6-12(15)4/h6-7,13-14,17H,5,8-9H2,1-4H3/t13-,14-/m1/s1. The number of likely N-dealkylation sites (N-methyl/N-ethyl adjacent to an activating group) is 1. The summed E-state index contributed by atoms with van der Waals surface area (Å²) in [7, 11) is -7.30. The molecule has 0 aromatic heterocycles. The van der Waals surface area contributed by atoms with Gasteiger partial charge in [-0.05, 0) is 43.5 Å². The summed E-state index contributed by atoms with van der Waals surface area (Å²) in [6.45, 7) is 7.20. The highest BCUT2D eigenvalue weighted by molar-refractivity contribution is 7.92. The molecule has 1 aromatic carbocycles. The Morgan fingerprint density at radius 2 is 1.70 bits per heavy atom. The second-order valence-electron chi connectivity index (χ2n) is 6.12. The molecule has 8 heteroatoms. The topological polar surface area (TPSA) is 91.8 Å². The summed E-state index contributed by atoms with van der Waals surface area (Å²) in [6, 6.07) is 2.48. The number of sulfonamides is 1. The van der Waals surface area contributed by atoms with Gasteiger partial charge in [-0.3, -0.25) is 0 Å². The van der Waals surface area contributed by atoms with Crippen LogP contribution in [-0.2, 0) is 19.9 Å². The Morgan fingerprint density at radius 3 is 2.17 bits per heavy atom. The molecule has 1 aliphatic heterocycles. The lowest BCUT2D eigenvalue weighted by Crippen LogP contribution is -2.46. The van der Waals surface area contributed by atoms with Crippen LogP contribution in [0.3, 0.4) is 0 Å². The van der Waals surface area contributed by atoms with Crippen LogP contribution in [0.15, 0.2) is 17.0 Å². The number of aliphatic hydroxyl groups is 1. The predicted molar refractivity (Wildman–Crippen MR) is 88.7 cm³/mol. The summed E-state index contributed by atoms with van der Waals surface area (Å²) in [4.78, 5) is 0.166. The molecule has 6 nitrogen and oxygen atoms in total. The summed E-state index contributed by atoms with van der Waals surface area (Å²) in [6.07, 6.45) is -1.19. The fourth-order valence-corrected chi connectivity index (χ4v) is 6.86. The average molecular weight is 361 g/mol. The summed E-state index contributed by atoms with van der Waals surface area (Å²) in [5.74, 6) is -0.735. The number of nitrogens with zero attached hydrogens (tertiary/aromatic N) is 1. The van der Waals surface area contributed by atoms with Crippen molar-refractivity contribution in [2.24, 2.45) is 0 Å². The van der Waals surface area contributed by atoms with E-state index in [0.29, 0.717) is 5.56 Å². The lowest BCUT2D eigenvalue weighted by atomic mass is 10.1. The first-order valence-corrected chi connectivity index (χ1v) is 10.7. The third-order valence-electron chi connectivity index (χ3n) is 4.35. The van der Waals surface area contributed by atoms with Crippen LogP contribution >= 0.6 is 0 Å². The molecule has 130 valence electrons. The van der Waals surface area contributed by atoms with Gasteiger partial charge < -0.3 is 5.11 Å². The Hall–Kier alpha value is -0.960. The van der Waals surface area contributed by atoms with E-state index in [1.165, 1.54) is 0 Å². The predicted octanol–water partition coefficient (Wildman–Crippen LogP) is 0.780. The second kappa shape index (κ2) is 6.16. The normalized spacial score (nSPS) is 24.3. The lowest BCUT2D eigenvalue weighted by molar-refractivity contribution is 0.130. The van der Waals surface area contributed by atoms with Crippen molar-refractivity contribution in [3.05, 3.63) is 28.8 Å². The monoisotopic (exact) mass is 361 g/mol. The van der Waals surface area contributed by atoms with Gasteiger partial charge in [0.25, 0.3) is 0 Å². The van der Waals surface area contributed by atoms with Gasteiger partial charge in [-0.15, -0.1) is 0 Å². The van der Waals surface area contributed by atoms with Gasteiger partial charge in [0.05, 0.1) is 28.5 Å². The minimum absolute atomic E-state index is 0.103. The van der Waals surface area contributed by atoms with Crippen LogP contribution in [0, 0.1) is 20.8 Å². The summed E-state index contributed by atoms with van der Waals surface area (Å²) in [5, 5.41) is 10.0. The maximum absolute atomic E-state index is 13.0. The number of sulfone groups is 1. The molecule has 0 saturated carbocycles. The third kappa shape index (κ3) is 3.45. The van der Waals surface area contributed by atoms with Gasteiger partial charge in [-0.25, -0.2) is 16.8 Å². The minimum atomic E-state index is -3.88. The Balaban J connectivity index is 2.51. The molecular formula is C15H23NO5S2. The molecule has 0 unspecified atom stereocenters. The van der Waals surface area contributed by atoms with Crippen LogP contribution in [0.2, 0.25) is 0 Å². The van der Waals surface area contributed by atoms with E-state index in [1.54, 1.807) is 26.0 Å².